The van der Waals surface area contributed by atoms with Gasteiger partial charge < -0.3 is 9.30 Å². The van der Waals surface area contributed by atoms with Gasteiger partial charge in [-0.05, 0) is 68.1 Å². The van der Waals surface area contributed by atoms with Gasteiger partial charge in [0.2, 0.25) is 10.0 Å². The van der Waals surface area contributed by atoms with E-state index in [4.69, 9.17) is 16.3 Å². The van der Waals surface area contributed by atoms with Gasteiger partial charge in [-0.1, -0.05) is 36.3 Å². The summed E-state index contributed by atoms with van der Waals surface area (Å²) in [5.41, 5.74) is 1.72. The smallest absolute Gasteiger partial charge is 0.325 e. The minimum absolute atomic E-state index is 0.00441. The maximum atomic E-state index is 13.2. The van der Waals surface area contributed by atoms with E-state index < -0.39 is 21.9 Å². The highest BCUT2D eigenvalue weighted by Gasteiger charge is 2.32. The van der Waals surface area contributed by atoms with E-state index in [0.29, 0.717) is 21.9 Å². The molecule has 0 saturated carbocycles. The molecule has 8 nitrogen and oxygen atoms in total. The quantitative estimate of drug-likeness (QED) is 0.421. The molecular weight excluding hydrogens is 522 g/mol. The Morgan fingerprint density at radius 1 is 1.17 bits per heavy atom. The number of rotatable bonds is 6. The maximum Gasteiger partial charge on any atom is 0.325 e. The number of amides is 1. The van der Waals surface area contributed by atoms with Gasteiger partial charge in [-0.25, -0.2) is 8.42 Å². The minimum Gasteiger partial charge on any atom is -0.468 e. The standard InChI is InChI=1S/C25H28ClN3O5S2/c1-4-18-7-5-6-14-29(18)36(32,33)19-10-8-17(9-11-19)24(31)27-25-28(15-22(30)34-3)23-16(2)20(26)12-13-21(23)35-25/h8-13,18H,4-7,14-15H2,1-3H3. The second kappa shape index (κ2) is 10.8. The lowest BCUT2D eigenvalue weighted by molar-refractivity contribution is -0.141. The molecule has 1 unspecified atom stereocenters. The van der Waals surface area contributed by atoms with Crippen molar-refractivity contribution in [1.82, 2.24) is 8.87 Å². The number of ether oxygens (including phenoxy) is 1. The summed E-state index contributed by atoms with van der Waals surface area (Å²) in [4.78, 5) is 29.9. The Morgan fingerprint density at radius 2 is 1.89 bits per heavy atom. The number of nitrogens with zero attached hydrogens (tertiary/aromatic N) is 3. The largest absolute Gasteiger partial charge is 0.468 e. The number of aryl methyl sites for hydroxylation is 1. The number of methoxy groups -OCH3 is 1. The van der Waals surface area contributed by atoms with Crippen LogP contribution in [0.15, 0.2) is 46.3 Å². The molecule has 1 atom stereocenters. The van der Waals surface area contributed by atoms with Crippen LogP contribution in [0, 0.1) is 6.92 Å². The number of fused-ring (bicyclic) bond motifs is 1. The van der Waals surface area contributed by atoms with Crippen LogP contribution in [0.1, 0.15) is 48.5 Å². The van der Waals surface area contributed by atoms with E-state index in [1.807, 2.05) is 19.9 Å². The Morgan fingerprint density at radius 3 is 2.56 bits per heavy atom. The molecule has 2 heterocycles. The Balaban J connectivity index is 1.69. The van der Waals surface area contributed by atoms with Crippen molar-refractivity contribution in [3.05, 3.63) is 57.3 Å². The molecule has 0 bridgehead atoms. The van der Waals surface area contributed by atoms with Crippen LogP contribution in [-0.4, -0.2) is 48.9 Å². The summed E-state index contributed by atoms with van der Waals surface area (Å²) < 4.78 is 35.3. The molecule has 0 spiro atoms. The van der Waals surface area contributed by atoms with E-state index in [9.17, 15) is 18.0 Å². The van der Waals surface area contributed by atoms with Crippen LogP contribution in [0.2, 0.25) is 5.02 Å². The van der Waals surface area contributed by atoms with Gasteiger partial charge in [0.05, 0.1) is 22.2 Å². The number of benzene rings is 2. The molecule has 2 aromatic carbocycles. The highest BCUT2D eigenvalue weighted by atomic mass is 35.5. The first-order valence-corrected chi connectivity index (χ1v) is 14.4. The number of hydrogen-bond acceptors (Lipinski definition) is 6. The molecule has 0 radical (unpaired) electrons. The molecule has 1 aromatic heterocycles. The topological polar surface area (TPSA) is 98.0 Å². The highest BCUT2D eigenvalue weighted by Crippen LogP contribution is 2.28. The predicted molar refractivity (Wildman–Crippen MR) is 140 cm³/mol. The van der Waals surface area contributed by atoms with E-state index in [1.165, 1.54) is 42.7 Å². The lowest BCUT2D eigenvalue weighted by Crippen LogP contribution is -2.43. The van der Waals surface area contributed by atoms with Gasteiger partial charge in [0, 0.05) is 23.2 Å². The van der Waals surface area contributed by atoms with Crippen molar-refractivity contribution in [1.29, 1.82) is 0 Å². The molecule has 0 aliphatic carbocycles. The zero-order chi connectivity index (χ0) is 26.0. The average Bonchev–Trinajstić information content (AvgIpc) is 3.23. The summed E-state index contributed by atoms with van der Waals surface area (Å²) in [5, 5.41) is 0.535. The van der Waals surface area contributed by atoms with E-state index in [1.54, 1.807) is 14.9 Å². The predicted octanol–water partition coefficient (Wildman–Crippen LogP) is 4.53. The Hall–Kier alpha value is -2.53. The first kappa shape index (κ1) is 26.5. The fourth-order valence-corrected chi connectivity index (χ4v) is 7.50. The fourth-order valence-electron chi connectivity index (χ4n) is 4.50. The zero-order valence-corrected chi connectivity index (χ0v) is 22.8. The van der Waals surface area contributed by atoms with Gasteiger partial charge >= 0.3 is 5.97 Å². The number of thiazole rings is 1. The van der Waals surface area contributed by atoms with Crippen molar-refractivity contribution in [2.75, 3.05) is 13.7 Å². The molecule has 1 fully saturated rings. The number of sulfonamides is 1. The second-order valence-electron chi connectivity index (χ2n) is 8.68. The molecule has 192 valence electrons. The van der Waals surface area contributed by atoms with E-state index >= 15 is 0 Å². The molecule has 11 heteroatoms. The Labute approximate surface area is 219 Å². The first-order chi connectivity index (χ1) is 17.2. The zero-order valence-electron chi connectivity index (χ0n) is 20.4. The monoisotopic (exact) mass is 549 g/mol. The third-order valence-corrected chi connectivity index (χ3v) is 9.91. The number of carbonyl (C=O) groups is 2. The van der Waals surface area contributed by atoms with Crippen molar-refractivity contribution in [2.45, 2.75) is 57.0 Å². The van der Waals surface area contributed by atoms with Gasteiger partial charge in [0.25, 0.3) is 5.91 Å². The number of halogens is 1. The first-order valence-electron chi connectivity index (χ1n) is 11.7. The summed E-state index contributed by atoms with van der Waals surface area (Å²) in [5.74, 6) is -1.03. The summed E-state index contributed by atoms with van der Waals surface area (Å²) in [7, 11) is -2.36. The summed E-state index contributed by atoms with van der Waals surface area (Å²) in [6, 6.07) is 9.43. The van der Waals surface area contributed by atoms with Crippen LogP contribution in [-0.2, 0) is 26.1 Å². The number of hydrogen-bond donors (Lipinski definition) is 0. The Kier molecular flexibility index (Phi) is 7.99. The van der Waals surface area contributed by atoms with Crippen molar-refractivity contribution in [3.8, 4) is 0 Å². The third kappa shape index (κ3) is 5.13. The SMILES string of the molecule is CCC1CCCCN1S(=O)(=O)c1ccc(C(=O)N=c2sc3ccc(Cl)c(C)c3n2CC(=O)OC)cc1. The van der Waals surface area contributed by atoms with Crippen molar-refractivity contribution in [3.63, 3.8) is 0 Å². The lowest BCUT2D eigenvalue weighted by Gasteiger charge is -2.34. The van der Waals surface area contributed by atoms with Crippen molar-refractivity contribution < 1.29 is 22.7 Å². The molecule has 1 aliphatic heterocycles. The molecule has 0 N–H and O–H groups in total. The van der Waals surface area contributed by atoms with Crippen LogP contribution >= 0.6 is 22.9 Å². The van der Waals surface area contributed by atoms with Crippen LogP contribution < -0.4 is 4.80 Å². The molecule has 36 heavy (non-hydrogen) atoms. The van der Waals surface area contributed by atoms with Gasteiger partial charge in [-0.15, -0.1) is 0 Å². The van der Waals surface area contributed by atoms with Crippen LogP contribution in [0.3, 0.4) is 0 Å². The summed E-state index contributed by atoms with van der Waals surface area (Å²) in [6.07, 6.45) is 3.49. The number of aromatic nitrogens is 1. The second-order valence-corrected chi connectivity index (χ2v) is 12.0. The maximum absolute atomic E-state index is 13.2. The molecule has 1 amide bonds. The van der Waals surface area contributed by atoms with E-state index in [-0.39, 0.29) is 23.0 Å². The molecule has 4 rings (SSSR count). The molecular formula is C25H28ClN3O5S2. The number of esters is 1. The van der Waals surface area contributed by atoms with Gasteiger partial charge in [0.1, 0.15) is 6.54 Å². The van der Waals surface area contributed by atoms with Gasteiger partial charge in [-0.2, -0.15) is 9.30 Å². The van der Waals surface area contributed by atoms with E-state index in [2.05, 4.69) is 4.99 Å². The molecule has 1 aliphatic rings. The number of carbonyl (C=O) groups excluding carboxylic acids is 2. The Bertz CT molecular complexity index is 1480. The fraction of sp³-hybridized carbons (Fsp3) is 0.400. The van der Waals surface area contributed by atoms with Crippen molar-refractivity contribution >= 4 is 55.1 Å². The normalized spacial score (nSPS) is 17.4. The van der Waals surface area contributed by atoms with E-state index in [0.717, 1.165) is 35.9 Å². The van der Waals surface area contributed by atoms with Gasteiger partial charge in [-0.3, -0.25) is 9.59 Å². The average molecular weight is 550 g/mol. The molecule has 1 saturated heterocycles. The third-order valence-electron chi connectivity index (χ3n) is 6.49. The van der Waals surface area contributed by atoms with Crippen LogP contribution in [0.4, 0.5) is 0 Å². The summed E-state index contributed by atoms with van der Waals surface area (Å²) in [6.45, 7) is 4.21. The van der Waals surface area contributed by atoms with Crippen LogP contribution in [0.25, 0.3) is 10.2 Å². The summed E-state index contributed by atoms with van der Waals surface area (Å²) >= 11 is 7.55. The minimum atomic E-state index is -3.65. The number of piperidine rings is 1. The van der Waals surface area contributed by atoms with Crippen LogP contribution in [0.5, 0.6) is 0 Å². The molecule has 3 aromatic rings. The lowest BCUT2D eigenvalue weighted by atomic mass is 10.0. The highest BCUT2D eigenvalue weighted by molar-refractivity contribution is 7.89. The van der Waals surface area contributed by atoms with Crippen molar-refractivity contribution in [2.24, 2.45) is 4.99 Å². The van der Waals surface area contributed by atoms with Gasteiger partial charge in [0.15, 0.2) is 4.80 Å².